The molecule has 7 heteroatoms. The number of hydrogen-bond acceptors (Lipinski definition) is 6. The van der Waals surface area contributed by atoms with Gasteiger partial charge in [-0.3, -0.25) is 4.98 Å². The second kappa shape index (κ2) is 7.14. The molecule has 2 heterocycles. The second-order valence-corrected chi connectivity index (χ2v) is 5.45. The number of anilines is 1. The van der Waals surface area contributed by atoms with Crippen LogP contribution >= 0.6 is 0 Å². The van der Waals surface area contributed by atoms with Crippen molar-refractivity contribution in [2.75, 3.05) is 11.9 Å². The maximum absolute atomic E-state index is 14.6. The van der Waals surface area contributed by atoms with Gasteiger partial charge < -0.3 is 11.1 Å². The highest BCUT2D eigenvalue weighted by molar-refractivity contribution is 5.80. The van der Waals surface area contributed by atoms with Crippen molar-refractivity contribution in [2.45, 2.75) is 6.54 Å². The van der Waals surface area contributed by atoms with Crippen molar-refractivity contribution in [3.05, 3.63) is 66.2 Å². The highest BCUT2D eigenvalue weighted by Crippen LogP contribution is 2.26. The molecule has 0 aliphatic heterocycles. The standard InChI is InChI=1S/C18H17FN6/c1-11(9-20)14-6-7-16(25-21)18(24-14)23-10-12-4-5-15-13(17(12)19)3-2-8-22-15/h2-8,21H,1,9-10,20H2,(H,23,24). The minimum Gasteiger partial charge on any atom is -0.364 e. The van der Waals surface area contributed by atoms with Gasteiger partial charge in [-0.05, 0) is 35.9 Å². The van der Waals surface area contributed by atoms with Crippen LogP contribution in [-0.4, -0.2) is 16.5 Å². The van der Waals surface area contributed by atoms with Crippen molar-refractivity contribution < 1.29 is 4.39 Å². The molecule has 6 nitrogen and oxygen atoms in total. The minimum atomic E-state index is -0.329. The molecule has 1 aromatic carbocycles. The SMILES string of the molecule is C=C(CN)c1ccc(N=N)c(NCc2ccc3ncccc3c2F)n1. The van der Waals surface area contributed by atoms with E-state index in [0.29, 0.717) is 39.2 Å². The number of nitrogens with zero attached hydrogens (tertiary/aromatic N) is 3. The van der Waals surface area contributed by atoms with Gasteiger partial charge in [-0.25, -0.2) is 14.9 Å². The van der Waals surface area contributed by atoms with Gasteiger partial charge in [0.25, 0.3) is 0 Å². The number of halogens is 1. The van der Waals surface area contributed by atoms with E-state index >= 15 is 0 Å². The van der Waals surface area contributed by atoms with Crippen LogP contribution in [-0.2, 0) is 6.54 Å². The van der Waals surface area contributed by atoms with Crippen LogP contribution in [0.25, 0.3) is 16.5 Å². The number of fused-ring (bicyclic) bond motifs is 1. The fourth-order valence-electron chi connectivity index (χ4n) is 2.45. The summed E-state index contributed by atoms with van der Waals surface area (Å²) in [4.78, 5) is 8.52. The average molecular weight is 336 g/mol. The molecule has 0 aliphatic rings. The van der Waals surface area contributed by atoms with Crippen molar-refractivity contribution in [1.82, 2.24) is 9.97 Å². The van der Waals surface area contributed by atoms with E-state index in [1.54, 1.807) is 42.6 Å². The lowest BCUT2D eigenvalue weighted by molar-refractivity contribution is 0.624. The van der Waals surface area contributed by atoms with Crippen LogP contribution in [0.5, 0.6) is 0 Å². The Morgan fingerprint density at radius 1 is 1.28 bits per heavy atom. The Bertz CT molecular complexity index is 953. The second-order valence-electron chi connectivity index (χ2n) is 5.45. The molecular weight excluding hydrogens is 319 g/mol. The maximum Gasteiger partial charge on any atom is 0.154 e. The molecule has 3 rings (SSSR count). The van der Waals surface area contributed by atoms with Crippen molar-refractivity contribution in [2.24, 2.45) is 10.8 Å². The molecule has 0 fully saturated rings. The topological polar surface area (TPSA) is 100 Å². The smallest absolute Gasteiger partial charge is 0.154 e. The number of nitrogens with two attached hydrogens (primary N) is 1. The zero-order valence-corrected chi connectivity index (χ0v) is 13.5. The predicted octanol–water partition coefficient (Wildman–Crippen LogP) is 4.02. The average Bonchev–Trinajstić information content (AvgIpc) is 2.66. The Morgan fingerprint density at radius 2 is 2.12 bits per heavy atom. The number of nitrogens with one attached hydrogen (secondary N) is 2. The first-order chi connectivity index (χ1) is 12.1. The van der Waals surface area contributed by atoms with Crippen LogP contribution < -0.4 is 11.1 Å². The van der Waals surface area contributed by atoms with Gasteiger partial charge in [-0.1, -0.05) is 12.6 Å². The summed E-state index contributed by atoms with van der Waals surface area (Å²) in [6.45, 7) is 4.32. The van der Waals surface area contributed by atoms with Gasteiger partial charge >= 0.3 is 0 Å². The van der Waals surface area contributed by atoms with Gasteiger partial charge in [0.05, 0.1) is 11.2 Å². The fraction of sp³-hybridized carbons (Fsp3) is 0.111. The Balaban J connectivity index is 1.89. The summed E-state index contributed by atoms with van der Waals surface area (Å²) >= 11 is 0. The third kappa shape index (κ3) is 3.36. The molecule has 0 amide bonds. The zero-order chi connectivity index (χ0) is 17.8. The lowest BCUT2D eigenvalue weighted by Crippen LogP contribution is -2.07. The molecule has 2 aromatic heterocycles. The Labute approximate surface area is 144 Å². The van der Waals surface area contributed by atoms with Crippen LogP contribution in [0, 0.1) is 11.3 Å². The van der Waals surface area contributed by atoms with E-state index in [1.807, 2.05) is 0 Å². The Kier molecular flexibility index (Phi) is 4.76. The highest BCUT2D eigenvalue weighted by atomic mass is 19.1. The van der Waals surface area contributed by atoms with E-state index in [9.17, 15) is 4.39 Å². The van der Waals surface area contributed by atoms with Crippen LogP contribution in [0.4, 0.5) is 15.9 Å². The molecule has 0 bridgehead atoms. The van der Waals surface area contributed by atoms with Gasteiger partial charge in [0.1, 0.15) is 11.5 Å². The largest absolute Gasteiger partial charge is 0.364 e. The summed E-state index contributed by atoms with van der Waals surface area (Å²) in [5.74, 6) is 0.0535. The first kappa shape index (κ1) is 16.7. The molecule has 0 radical (unpaired) electrons. The molecule has 0 spiro atoms. The minimum absolute atomic E-state index is 0.199. The number of rotatable bonds is 6. The van der Waals surface area contributed by atoms with E-state index in [-0.39, 0.29) is 18.9 Å². The number of aromatic nitrogens is 2. The van der Waals surface area contributed by atoms with Gasteiger partial charge in [-0.15, -0.1) is 0 Å². The van der Waals surface area contributed by atoms with Crippen LogP contribution in [0.3, 0.4) is 0 Å². The van der Waals surface area contributed by atoms with E-state index in [0.717, 1.165) is 0 Å². The third-order valence-corrected chi connectivity index (χ3v) is 3.85. The molecule has 0 saturated carbocycles. The fourth-order valence-corrected chi connectivity index (χ4v) is 2.45. The third-order valence-electron chi connectivity index (χ3n) is 3.85. The molecule has 0 saturated heterocycles. The van der Waals surface area contributed by atoms with E-state index < -0.39 is 0 Å². The van der Waals surface area contributed by atoms with Gasteiger partial charge in [0.15, 0.2) is 5.82 Å². The Morgan fingerprint density at radius 3 is 2.88 bits per heavy atom. The summed E-state index contributed by atoms with van der Waals surface area (Å²) in [5.41, 5.74) is 15.6. The molecule has 25 heavy (non-hydrogen) atoms. The number of pyridine rings is 2. The van der Waals surface area contributed by atoms with Crippen molar-refractivity contribution in [1.29, 1.82) is 5.53 Å². The Hall–Kier alpha value is -3.19. The molecule has 4 N–H and O–H groups in total. The molecule has 0 aliphatic carbocycles. The molecular formula is C18H17FN6. The highest BCUT2D eigenvalue weighted by Gasteiger charge is 2.11. The monoisotopic (exact) mass is 336 g/mol. The summed E-state index contributed by atoms with van der Waals surface area (Å²) in [6.07, 6.45) is 1.63. The predicted molar refractivity (Wildman–Crippen MR) is 96.2 cm³/mol. The van der Waals surface area contributed by atoms with Gasteiger partial charge in [0, 0.05) is 30.2 Å². The lowest BCUT2D eigenvalue weighted by Gasteiger charge is -2.12. The normalized spacial score (nSPS) is 10.6. The van der Waals surface area contributed by atoms with Crippen LogP contribution in [0.1, 0.15) is 11.3 Å². The maximum atomic E-state index is 14.6. The molecule has 0 atom stereocenters. The number of hydrogen-bond donors (Lipinski definition) is 3. The quantitative estimate of drug-likeness (QED) is 0.592. The van der Waals surface area contributed by atoms with Gasteiger partial charge in [0.2, 0.25) is 0 Å². The van der Waals surface area contributed by atoms with E-state index in [1.165, 1.54) is 0 Å². The van der Waals surface area contributed by atoms with Crippen LogP contribution in [0.2, 0.25) is 0 Å². The van der Waals surface area contributed by atoms with Crippen molar-refractivity contribution >= 4 is 28.0 Å². The van der Waals surface area contributed by atoms with Crippen LogP contribution in [0.15, 0.2) is 54.3 Å². The van der Waals surface area contributed by atoms with Gasteiger partial charge in [-0.2, -0.15) is 5.11 Å². The first-order valence-electron chi connectivity index (χ1n) is 7.66. The van der Waals surface area contributed by atoms with E-state index in [4.69, 9.17) is 11.3 Å². The van der Waals surface area contributed by atoms with Crippen molar-refractivity contribution in [3.63, 3.8) is 0 Å². The summed E-state index contributed by atoms with van der Waals surface area (Å²) in [7, 11) is 0. The summed E-state index contributed by atoms with van der Waals surface area (Å²) in [6, 6.07) is 10.2. The molecule has 3 aromatic rings. The van der Waals surface area contributed by atoms with Crippen molar-refractivity contribution in [3.8, 4) is 0 Å². The molecule has 0 unspecified atom stereocenters. The first-order valence-corrected chi connectivity index (χ1v) is 7.66. The molecule has 126 valence electrons. The number of benzene rings is 1. The lowest BCUT2D eigenvalue weighted by atomic mass is 10.1. The summed E-state index contributed by atoms with van der Waals surface area (Å²) in [5, 5.41) is 6.94. The van der Waals surface area contributed by atoms with E-state index in [2.05, 4.69) is 27.0 Å². The summed E-state index contributed by atoms with van der Waals surface area (Å²) < 4.78 is 14.6. The zero-order valence-electron chi connectivity index (χ0n) is 13.5.